The van der Waals surface area contributed by atoms with E-state index in [1.807, 2.05) is 0 Å². The second-order valence-corrected chi connectivity index (χ2v) is 7.55. The molecule has 0 aromatic carbocycles. The van der Waals surface area contributed by atoms with Gasteiger partial charge in [-0.25, -0.2) is 4.39 Å². The second kappa shape index (κ2) is 9.98. The SMILES string of the molecule is CC[N+](CC)(CC)CC.O=S(=O)(O)C(F)(F)C(F)(F)C(F)(F)C(F)CC(F)(F)F. The summed E-state index contributed by atoms with van der Waals surface area (Å²) in [5, 5.41) is -6.89. The fraction of sp³-hybridized carbons (Fsp3) is 1.00. The van der Waals surface area contributed by atoms with E-state index in [-0.39, 0.29) is 0 Å². The number of hydrogen-bond acceptors (Lipinski definition) is 2. The summed E-state index contributed by atoms with van der Waals surface area (Å²) >= 11 is 0. The molecule has 0 rings (SSSR count). The number of hydrogen-bond donors (Lipinski definition) is 1. The van der Waals surface area contributed by atoms with Crippen LogP contribution in [0.15, 0.2) is 0 Å². The number of nitrogens with zero attached hydrogens (tertiary/aromatic N) is 1. The van der Waals surface area contributed by atoms with E-state index in [1.54, 1.807) is 0 Å². The molecular weight excluding hydrogens is 452 g/mol. The van der Waals surface area contributed by atoms with Crippen LogP contribution in [0.1, 0.15) is 34.1 Å². The van der Waals surface area contributed by atoms with Gasteiger partial charge in [0.05, 0.1) is 32.6 Å². The molecule has 0 aromatic rings. The van der Waals surface area contributed by atoms with Crippen LogP contribution in [0.2, 0.25) is 0 Å². The van der Waals surface area contributed by atoms with Crippen molar-refractivity contribution in [3.8, 4) is 0 Å². The Bertz CT molecular complexity index is 586. The molecule has 1 N–H and O–H groups in total. The highest BCUT2D eigenvalue weighted by Gasteiger charge is 2.80. The van der Waals surface area contributed by atoms with Crippen molar-refractivity contribution in [3.05, 3.63) is 0 Å². The van der Waals surface area contributed by atoms with E-state index >= 15 is 0 Å². The van der Waals surface area contributed by atoms with Crippen LogP contribution in [-0.4, -0.2) is 73.1 Å². The maximum Gasteiger partial charge on any atom is 0.438 e. The van der Waals surface area contributed by atoms with Crippen molar-refractivity contribution >= 4 is 10.1 Å². The Kier molecular flexibility index (Phi) is 10.5. The zero-order valence-electron chi connectivity index (χ0n) is 16.0. The van der Waals surface area contributed by atoms with Gasteiger partial charge < -0.3 is 4.48 Å². The van der Waals surface area contributed by atoms with Gasteiger partial charge in [0, 0.05) is 0 Å². The zero-order chi connectivity index (χ0) is 24.1. The summed E-state index contributed by atoms with van der Waals surface area (Å²) in [5.74, 6) is -13.8. The van der Waals surface area contributed by atoms with Crippen molar-refractivity contribution in [2.45, 2.75) is 63.6 Å². The molecule has 0 aliphatic heterocycles. The van der Waals surface area contributed by atoms with Gasteiger partial charge >= 0.3 is 33.4 Å². The predicted molar refractivity (Wildman–Crippen MR) is 84.4 cm³/mol. The lowest BCUT2D eigenvalue weighted by atomic mass is 10.0. The average Bonchev–Trinajstić information content (AvgIpc) is 2.55. The van der Waals surface area contributed by atoms with Crippen molar-refractivity contribution in [3.63, 3.8) is 0 Å². The third-order valence-corrected chi connectivity index (χ3v) is 5.50. The number of quaternary nitrogens is 1. The van der Waals surface area contributed by atoms with Crippen LogP contribution in [0.4, 0.5) is 43.9 Å². The molecular formula is C14H24F10NO3S+. The summed E-state index contributed by atoms with van der Waals surface area (Å²) in [6, 6.07) is 0. The first-order chi connectivity index (χ1) is 12.6. The summed E-state index contributed by atoms with van der Waals surface area (Å²) in [6.45, 7) is 14.2. The third-order valence-electron chi connectivity index (χ3n) is 4.60. The van der Waals surface area contributed by atoms with Gasteiger partial charge in [0.2, 0.25) is 0 Å². The molecule has 0 amide bonds. The fourth-order valence-corrected chi connectivity index (χ4v) is 2.69. The zero-order valence-corrected chi connectivity index (χ0v) is 16.8. The van der Waals surface area contributed by atoms with E-state index in [1.165, 1.54) is 30.7 Å². The minimum Gasteiger partial charge on any atom is -0.325 e. The molecule has 0 aliphatic rings. The lowest BCUT2D eigenvalue weighted by molar-refractivity contribution is -0.921. The lowest BCUT2D eigenvalue weighted by Crippen LogP contribution is -2.61. The molecule has 15 heteroatoms. The van der Waals surface area contributed by atoms with Crippen LogP contribution >= 0.6 is 0 Å². The highest BCUT2D eigenvalue weighted by atomic mass is 32.2. The molecule has 29 heavy (non-hydrogen) atoms. The number of alkyl halides is 10. The maximum absolute atomic E-state index is 12.7. The molecule has 0 aliphatic carbocycles. The average molecular weight is 476 g/mol. The standard InChI is InChI=1S/C8H20N.C6H4F10O3S/c1-5-9(6-2,7-3)8-4;7-2(1-3(8,9)10)4(11,12)5(13,14)6(15,16)20(17,18)19/h5-8H2,1-4H3;2H,1H2,(H,17,18,19)/q+1;. The quantitative estimate of drug-likeness (QED) is 0.292. The minimum atomic E-state index is -7.13. The topological polar surface area (TPSA) is 54.4 Å². The van der Waals surface area contributed by atoms with Crippen LogP contribution in [0.5, 0.6) is 0 Å². The molecule has 0 spiro atoms. The van der Waals surface area contributed by atoms with Gasteiger partial charge in [-0.05, 0) is 27.7 Å². The normalized spacial score (nSPS) is 15.6. The third kappa shape index (κ3) is 7.12. The predicted octanol–water partition coefficient (Wildman–Crippen LogP) is 4.91. The summed E-state index contributed by atoms with van der Waals surface area (Å²) in [4.78, 5) is 0. The molecule has 0 heterocycles. The van der Waals surface area contributed by atoms with E-state index in [9.17, 15) is 52.3 Å². The minimum absolute atomic E-state index is 1.28. The Morgan fingerprint density at radius 1 is 0.793 bits per heavy atom. The molecule has 0 saturated carbocycles. The first-order valence-corrected chi connectivity index (χ1v) is 9.72. The molecule has 0 fully saturated rings. The van der Waals surface area contributed by atoms with E-state index in [0.717, 1.165) is 0 Å². The van der Waals surface area contributed by atoms with Crippen molar-refractivity contribution < 1.29 is 61.4 Å². The Balaban J connectivity index is 0. The Morgan fingerprint density at radius 2 is 1.10 bits per heavy atom. The Hall–Kier alpha value is -0.830. The van der Waals surface area contributed by atoms with Gasteiger partial charge in [0.25, 0.3) is 0 Å². The van der Waals surface area contributed by atoms with Crippen LogP contribution in [0.3, 0.4) is 0 Å². The number of rotatable bonds is 9. The smallest absolute Gasteiger partial charge is 0.325 e. The summed E-state index contributed by atoms with van der Waals surface area (Å²) in [7, 11) is -7.13. The maximum atomic E-state index is 12.7. The van der Waals surface area contributed by atoms with Gasteiger partial charge in [-0.1, -0.05) is 0 Å². The lowest BCUT2D eigenvalue weighted by Gasteiger charge is -2.34. The van der Waals surface area contributed by atoms with Gasteiger partial charge in [0.15, 0.2) is 6.17 Å². The molecule has 0 saturated heterocycles. The highest BCUT2D eigenvalue weighted by Crippen LogP contribution is 2.51. The number of halogens is 10. The van der Waals surface area contributed by atoms with Gasteiger partial charge in [-0.3, -0.25) is 4.55 Å². The first kappa shape index (κ1) is 30.4. The molecule has 178 valence electrons. The van der Waals surface area contributed by atoms with Crippen LogP contribution in [-0.2, 0) is 10.1 Å². The Labute approximate surface area is 162 Å². The summed E-state index contributed by atoms with van der Waals surface area (Å²) < 4.78 is 152. The molecule has 1 unspecified atom stereocenters. The van der Waals surface area contributed by atoms with E-state index in [0.29, 0.717) is 0 Å². The highest BCUT2D eigenvalue weighted by molar-refractivity contribution is 7.87. The second-order valence-electron chi connectivity index (χ2n) is 6.08. The monoisotopic (exact) mass is 476 g/mol. The largest absolute Gasteiger partial charge is 0.438 e. The molecule has 0 radical (unpaired) electrons. The Morgan fingerprint density at radius 3 is 1.28 bits per heavy atom. The molecule has 1 atom stereocenters. The van der Waals surface area contributed by atoms with Crippen LogP contribution in [0.25, 0.3) is 0 Å². The first-order valence-electron chi connectivity index (χ1n) is 8.28. The van der Waals surface area contributed by atoms with Gasteiger partial charge in [0.1, 0.15) is 0 Å². The van der Waals surface area contributed by atoms with Gasteiger partial charge in [-0.2, -0.15) is 47.9 Å². The van der Waals surface area contributed by atoms with Crippen molar-refractivity contribution in [1.82, 2.24) is 0 Å². The van der Waals surface area contributed by atoms with Crippen LogP contribution in [0, 0.1) is 0 Å². The molecule has 0 aromatic heterocycles. The van der Waals surface area contributed by atoms with E-state index in [4.69, 9.17) is 4.55 Å². The van der Waals surface area contributed by atoms with Crippen molar-refractivity contribution in [2.24, 2.45) is 0 Å². The van der Waals surface area contributed by atoms with E-state index < -0.39 is 46.0 Å². The summed E-state index contributed by atoms with van der Waals surface area (Å²) in [5.41, 5.74) is 0. The fourth-order valence-electron chi connectivity index (χ4n) is 2.23. The summed E-state index contributed by atoms with van der Waals surface area (Å²) in [6.07, 6.45) is -13.8. The van der Waals surface area contributed by atoms with Crippen molar-refractivity contribution in [1.29, 1.82) is 0 Å². The van der Waals surface area contributed by atoms with Gasteiger partial charge in [-0.15, -0.1) is 0 Å². The van der Waals surface area contributed by atoms with Crippen LogP contribution < -0.4 is 0 Å². The molecule has 0 bridgehead atoms. The van der Waals surface area contributed by atoms with Crippen molar-refractivity contribution in [2.75, 3.05) is 26.2 Å². The van der Waals surface area contributed by atoms with E-state index in [2.05, 4.69) is 27.7 Å². The molecule has 4 nitrogen and oxygen atoms in total.